The minimum absolute atomic E-state index is 0.102. The van der Waals surface area contributed by atoms with Crippen LogP contribution < -0.4 is 5.32 Å². The van der Waals surface area contributed by atoms with Crippen LogP contribution in [-0.2, 0) is 4.79 Å². The number of amides is 1. The van der Waals surface area contributed by atoms with Crippen molar-refractivity contribution < 1.29 is 9.32 Å². The molecule has 3 aromatic heterocycles. The van der Waals surface area contributed by atoms with Crippen molar-refractivity contribution in [2.45, 2.75) is 51.3 Å². The zero-order valence-corrected chi connectivity index (χ0v) is 16.5. The van der Waals surface area contributed by atoms with Gasteiger partial charge in [-0.05, 0) is 39.7 Å². The number of nitrogens with one attached hydrogen (secondary N) is 1. The van der Waals surface area contributed by atoms with Crippen molar-refractivity contribution in [1.82, 2.24) is 15.1 Å². The Hall–Kier alpha value is -1.93. The van der Waals surface area contributed by atoms with Crippen LogP contribution in [0.5, 0.6) is 0 Å². The molecular formula is C17H20N4O2S2. The van der Waals surface area contributed by atoms with Gasteiger partial charge in [0.25, 0.3) is 0 Å². The van der Waals surface area contributed by atoms with E-state index in [-0.39, 0.29) is 11.2 Å². The predicted octanol–water partition coefficient (Wildman–Crippen LogP) is 4.42. The number of aryl methyl sites for hydroxylation is 4. The Labute approximate surface area is 154 Å². The summed E-state index contributed by atoms with van der Waals surface area (Å²) >= 11 is 3.15. The molecule has 0 aliphatic carbocycles. The van der Waals surface area contributed by atoms with Crippen LogP contribution in [0.1, 0.15) is 35.4 Å². The second-order valence-electron chi connectivity index (χ2n) is 5.87. The zero-order valence-electron chi connectivity index (χ0n) is 14.8. The molecule has 3 heterocycles. The number of rotatable bonds is 5. The standard InChI is InChI=1S/C17H20N4O2S2/c1-6-12(15(22)20-13-7-8(2)23-21-13)25-17-14-9(3)10(4)24-16(14)18-11(5)19-17/h7,12H,6H2,1-5H3,(H,20,21,22). The highest BCUT2D eigenvalue weighted by atomic mass is 32.2. The molecule has 0 aliphatic heterocycles. The summed E-state index contributed by atoms with van der Waals surface area (Å²) < 4.78 is 5.00. The van der Waals surface area contributed by atoms with Crippen molar-refractivity contribution in [2.24, 2.45) is 0 Å². The number of thioether (sulfide) groups is 1. The van der Waals surface area contributed by atoms with Crippen LogP contribution >= 0.6 is 23.1 Å². The molecule has 132 valence electrons. The van der Waals surface area contributed by atoms with Gasteiger partial charge in [0.05, 0.1) is 5.25 Å². The van der Waals surface area contributed by atoms with E-state index in [1.807, 2.05) is 13.8 Å². The molecule has 3 aromatic rings. The molecule has 0 radical (unpaired) electrons. The predicted molar refractivity (Wildman–Crippen MR) is 101 cm³/mol. The number of carbonyl (C=O) groups excluding carboxylic acids is 1. The molecule has 1 unspecified atom stereocenters. The third-order valence-corrected chi connectivity index (χ3v) is 6.36. The number of hydrogen-bond donors (Lipinski definition) is 1. The van der Waals surface area contributed by atoms with Crippen LogP contribution in [-0.4, -0.2) is 26.3 Å². The monoisotopic (exact) mass is 376 g/mol. The smallest absolute Gasteiger partial charge is 0.239 e. The summed E-state index contributed by atoms with van der Waals surface area (Å²) in [6.07, 6.45) is 0.681. The maximum Gasteiger partial charge on any atom is 0.239 e. The van der Waals surface area contributed by atoms with E-state index < -0.39 is 0 Å². The number of fused-ring (bicyclic) bond motifs is 1. The summed E-state index contributed by atoms with van der Waals surface area (Å²) in [4.78, 5) is 24.0. The number of hydrogen-bond acceptors (Lipinski definition) is 7. The van der Waals surface area contributed by atoms with Crippen LogP contribution in [0, 0.1) is 27.7 Å². The molecule has 0 aliphatic rings. The Bertz CT molecular complexity index is 932. The molecular weight excluding hydrogens is 356 g/mol. The normalized spacial score (nSPS) is 12.5. The summed E-state index contributed by atoms with van der Waals surface area (Å²) in [7, 11) is 0. The van der Waals surface area contributed by atoms with Gasteiger partial charge in [-0.3, -0.25) is 4.79 Å². The van der Waals surface area contributed by atoms with Gasteiger partial charge < -0.3 is 9.84 Å². The Morgan fingerprint density at radius 3 is 2.72 bits per heavy atom. The lowest BCUT2D eigenvalue weighted by molar-refractivity contribution is -0.115. The van der Waals surface area contributed by atoms with E-state index >= 15 is 0 Å². The average molecular weight is 377 g/mol. The second kappa shape index (κ2) is 7.13. The summed E-state index contributed by atoms with van der Waals surface area (Å²) in [5.74, 6) is 1.72. The third kappa shape index (κ3) is 3.69. The second-order valence-corrected chi connectivity index (χ2v) is 8.26. The lowest BCUT2D eigenvalue weighted by atomic mass is 10.2. The lowest BCUT2D eigenvalue weighted by Gasteiger charge is -2.14. The molecule has 0 spiro atoms. The van der Waals surface area contributed by atoms with Gasteiger partial charge in [0.2, 0.25) is 5.91 Å². The fourth-order valence-corrected chi connectivity index (χ4v) is 4.78. The van der Waals surface area contributed by atoms with Gasteiger partial charge in [0.15, 0.2) is 5.82 Å². The van der Waals surface area contributed by atoms with Crippen molar-refractivity contribution >= 4 is 45.0 Å². The average Bonchev–Trinajstić information content (AvgIpc) is 3.08. The van der Waals surface area contributed by atoms with E-state index in [4.69, 9.17) is 4.52 Å². The first kappa shape index (κ1) is 17.9. The summed E-state index contributed by atoms with van der Waals surface area (Å²) in [6, 6.07) is 1.70. The molecule has 1 N–H and O–H groups in total. The van der Waals surface area contributed by atoms with E-state index in [2.05, 4.69) is 34.3 Å². The highest BCUT2D eigenvalue weighted by Gasteiger charge is 2.23. The summed E-state index contributed by atoms with van der Waals surface area (Å²) in [5, 5.41) is 8.28. The molecule has 0 saturated heterocycles. The van der Waals surface area contributed by atoms with Crippen LogP contribution in [0.25, 0.3) is 10.2 Å². The van der Waals surface area contributed by atoms with Crippen molar-refractivity contribution in [1.29, 1.82) is 0 Å². The lowest BCUT2D eigenvalue weighted by Crippen LogP contribution is -2.24. The minimum atomic E-state index is -0.269. The van der Waals surface area contributed by atoms with E-state index in [1.165, 1.54) is 22.2 Å². The first-order valence-electron chi connectivity index (χ1n) is 8.04. The first-order chi connectivity index (χ1) is 11.9. The molecule has 0 bridgehead atoms. The Morgan fingerprint density at radius 1 is 1.32 bits per heavy atom. The number of aromatic nitrogens is 3. The highest BCUT2D eigenvalue weighted by molar-refractivity contribution is 8.00. The van der Waals surface area contributed by atoms with Crippen LogP contribution in [0.2, 0.25) is 0 Å². The van der Waals surface area contributed by atoms with Crippen molar-refractivity contribution in [3.63, 3.8) is 0 Å². The quantitative estimate of drug-likeness (QED) is 0.524. The van der Waals surface area contributed by atoms with Crippen LogP contribution in [0.4, 0.5) is 5.82 Å². The van der Waals surface area contributed by atoms with Crippen molar-refractivity contribution in [3.8, 4) is 0 Å². The van der Waals surface area contributed by atoms with Gasteiger partial charge >= 0.3 is 0 Å². The maximum absolute atomic E-state index is 12.6. The van der Waals surface area contributed by atoms with Crippen LogP contribution in [0.3, 0.4) is 0 Å². The molecule has 0 saturated carbocycles. The van der Waals surface area contributed by atoms with Crippen molar-refractivity contribution in [3.05, 3.63) is 28.1 Å². The Kier molecular flexibility index (Phi) is 5.10. The van der Waals surface area contributed by atoms with E-state index in [0.29, 0.717) is 18.0 Å². The molecule has 1 amide bonds. The molecule has 1 atom stereocenters. The van der Waals surface area contributed by atoms with Gasteiger partial charge in [-0.1, -0.05) is 23.8 Å². The Morgan fingerprint density at radius 2 is 2.08 bits per heavy atom. The molecule has 0 fully saturated rings. The van der Waals surface area contributed by atoms with Gasteiger partial charge in [-0.2, -0.15) is 0 Å². The summed E-state index contributed by atoms with van der Waals surface area (Å²) in [5.41, 5.74) is 1.19. The highest BCUT2D eigenvalue weighted by Crippen LogP contribution is 2.37. The van der Waals surface area contributed by atoms with E-state index in [0.717, 1.165) is 21.1 Å². The van der Waals surface area contributed by atoms with Gasteiger partial charge in [0, 0.05) is 16.3 Å². The number of thiophene rings is 1. The van der Waals surface area contributed by atoms with E-state index in [1.54, 1.807) is 24.3 Å². The minimum Gasteiger partial charge on any atom is -0.360 e. The van der Waals surface area contributed by atoms with E-state index in [9.17, 15) is 4.79 Å². The number of carbonyl (C=O) groups is 1. The molecule has 6 nitrogen and oxygen atoms in total. The molecule has 0 aromatic carbocycles. The molecule has 8 heteroatoms. The zero-order chi connectivity index (χ0) is 18.1. The Balaban J connectivity index is 1.88. The SMILES string of the molecule is CCC(Sc1nc(C)nc2sc(C)c(C)c12)C(=O)Nc1cc(C)on1. The fraction of sp³-hybridized carbons (Fsp3) is 0.412. The van der Waals surface area contributed by atoms with Crippen LogP contribution in [0.15, 0.2) is 15.6 Å². The third-order valence-electron chi connectivity index (χ3n) is 3.90. The van der Waals surface area contributed by atoms with Gasteiger partial charge in [-0.15, -0.1) is 11.3 Å². The topological polar surface area (TPSA) is 80.9 Å². The molecule has 25 heavy (non-hydrogen) atoms. The van der Waals surface area contributed by atoms with Gasteiger partial charge in [-0.25, -0.2) is 9.97 Å². The number of anilines is 1. The fourth-order valence-electron chi connectivity index (χ4n) is 2.49. The van der Waals surface area contributed by atoms with Gasteiger partial charge in [0.1, 0.15) is 21.4 Å². The number of nitrogens with zero attached hydrogens (tertiary/aromatic N) is 3. The largest absolute Gasteiger partial charge is 0.360 e. The maximum atomic E-state index is 12.6. The summed E-state index contributed by atoms with van der Waals surface area (Å²) in [6.45, 7) is 9.82. The van der Waals surface area contributed by atoms with Crippen molar-refractivity contribution in [2.75, 3.05) is 5.32 Å². The first-order valence-corrected chi connectivity index (χ1v) is 9.73. The molecule has 3 rings (SSSR count).